The van der Waals surface area contributed by atoms with Gasteiger partial charge in [-0.3, -0.25) is 0 Å². The van der Waals surface area contributed by atoms with E-state index in [0.717, 1.165) is 5.75 Å². The van der Waals surface area contributed by atoms with Gasteiger partial charge in [0.1, 0.15) is 6.61 Å². The van der Waals surface area contributed by atoms with Crippen molar-refractivity contribution in [1.82, 2.24) is 0 Å². The van der Waals surface area contributed by atoms with Crippen LogP contribution in [0.2, 0.25) is 0 Å². The molecule has 90 valence electrons. The molecule has 0 spiro atoms. The van der Waals surface area contributed by atoms with Crippen LogP contribution >= 0.6 is 19.8 Å². The van der Waals surface area contributed by atoms with Crippen LogP contribution in [0.4, 0.5) is 0 Å². The summed E-state index contributed by atoms with van der Waals surface area (Å²) < 4.78 is 15.6. The van der Waals surface area contributed by atoms with Gasteiger partial charge in [0.05, 0.1) is 0 Å². The lowest BCUT2D eigenvalue weighted by atomic mass is 10.1. The maximum absolute atomic E-state index is 10.6. The summed E-state index contributed by atoms with van der Waals surface area (Å²) in [6, 6.07) is 0. The Kier molecular flexibility index (Phi) is 12.8. The molecule has 0 aliphatic heterocycles. The van der Waals surface area contributed by atoms with Crippen LogP contribution in [0.25, 0.3) is 0 Å². The second kappa shape index (κ2) is 12.5. The van der Waals surface area contributed by atoms with Crippen molar-refractivity contribution in [1.29, 1.82) is 0 Å². The minimum absolute atomic E-state index is 0.631. The first-order valence-electron chi connectivity index (χ1n) is 5.89. The van der Waals surface area contributed by atoms with Crippen molar-refractivity contribution in [3.8, 4) is 0 Å². The predicted molar refractivity (Wildman–Crippen MR) is 70.2 cm³/mol. The first kappa shape index (κ1) is 15.4. The summed E-state index contributed by atoms with van der Waals surface area (Å²) in [6.45, 7) is 4.48. The second-order valence-corrected chi connectivity index (χ2v) is 6.02. The van der Waals surface area contributed by atoms with E-state index in [1.165, 1.54) is 44.3 Å². The highest BCUT2D eigenvalue weighted by Gasteiger charge is 2.04. The summed E-state index contributed by atoms with van der Waals surface area (Å²) in [5, 5.41) is 0. The third-order valence-corrected chi connectivity index (χ3v) is 3.72. The van der Waals surface area contributed by atoms with Crippen LogP contribution in [-0.2, 0) is 9.09 Å². The monoisotopic (exact) mass is 251 g/mol. The first-order chi connectivity index (χ1) is 7.27. The molecule has 0 aliphatic carbocycles. The van der Waals surface area contributed by atoms with Crippen LogP contribution in [0.1, 0.15) is 45.4 Å². The van der Waals surface area contributed by atoms with Crippen molar-refractivity contribution in [2.24, 2.45) is 0 Å². The van der Waals surface area contributed by atoms with Gasteiger partial charge < -0.3 is 0 Å². The van der Waals surface area contributed by atoms with Crippen LogP contribution in [0.15, 0.2) is 0 Å². The van der Waals surface area contributed by atoms with Gasteiger partial charge in [-0.25, -0.2) is 0 Å². The van der Waals surface area contributed by atoms with Crippen LogP contribution in [0, 0.1) is 0 Å². The smallest absolute Gasteiger partial charge is 0.159 e. The molecule has 0 heterocycles. The largest absolute Gasteiger partial charge is 0.504 e. The van der Waals surface area contributed by atoms with E-state index in [-0.39, 0.29) is 0 Å². The van der Waals surface area contributed by atoms with E-state index in [1.54, 1.807) is 6.66 Å². The predicted octanol–water partition coefficient (Wildman–Crippen LogP) is 4.47. The molecule has 0 N–H and O–H groups in total. The van der Waals surface area contributed by atoms with E-state index in [1.807, 2.05) is 11.8 Å². The SMILES string of the molecule is CCCCCCCCSCCO[P+](C)=O. The average molecular weight is 251 g/mol. The molecule has 0 aromatic heterocycles. The molecule has 0 bridgehead atoms. The van der Waals surface area contributed by atoms with E-state index < -0.39 is 8.03 Å². The van der Waals surface area contributed by atoms with E-state index >= 15 is 0 Å². The molecule has 0 aromatic rings. The molecular weight excluding hydrogens is 227 g/mol. The van der Waals surface area contributed by atoms with Crippen LogP contribution < -0.4 is 0 Å². The summed E-state index contributed by atoms with van der Waals surface area (Å²) in [5.41, 5.74) is 0. The number of thioether (sulfide) groups is 1. The normalized spacial score (nSPS) is 11.7. The highest BCUT2D eigenvalue weighted by atomic mass is 32.2. The second-order valence-electron chi connectivity index (χ2n) is 3.65. The maximum atomic E-state index is 10.6. The first-order valence-corrected chi connectivity index (χ1v) is 8.66. The Morgan fingerprint density at radius 3 is 2.40 bits per heavy atom. The van der Waals surface area contributed by atoms with Crippen LogP contribution in [-0.4, -0.2) is 24.8 Å². The van der Waals surface area contributed by atoms with Crippen molar-refractivity contribution in [3.63, 3.8) is 0 Å². The molecule has 1 unspecified atom stereocenters. The summed E-state index contributed by atoms with van der Waals surface area (Å²) in [4.78, 5) is 0. The number of hydrogen-bond donors (Lipinski definition) is 0. The molecule has 0 aliphatic rings. The maximum Gasteiger partial charge on any atom is 0.504 e. The topological polar surface area (TPSA) is 26.3 Å². The van der Waals surface area contributed by atoms with E-state index in [4.69, 9.17) is 4.52 Å². The van der Waals surface area contributed by atoms with Crippen molar-refractivity contribution in [3.05, 3.63) is 0 Å². The van der Waals surface area contributed by atoms with Gasteiger partial charge >= 0.3 is 8.03 Å². The van der Waals surface area contributed by atoms with Crippen LogP contribution in [0.3, 0.4) is 0 Å². The molecule has 0 aromatic carbocycles. The Morgan fingerprint density at radius 2 is 1.73 bits per heavy atom. The van der Waals surface area contributed by atoms with Gasteiger partial charge in [0.2, 0.25) is 0 Å². The molecule has 0 radical (unpaired) electrons. The van der Waals surface area contributed by atoms with Crippen molar-refractivity contribution in [2.45, 2.75) is 45.4 Å². The lowest BCUT2D eigenvalue weighted by molar-refractivity contribution is 0.357. The zero-order valence-corrected chi connectivity index (χ0v) is 11.7. The summed E-state index contributed by atoms with van der Waals surface area (Å²) >= 11 is 1.91. The third kappa shape index (κ3) is 14.4. The quantitative estimate of drug-likeness (QED) is 0.400. The van der Waals surface area contributed by atoms with Gasteiger partial charge in [-0.1, -0.05) is 39.0 Å². The molecule has 2 nitrogen and oxygen atoms in total. The molecule has 0 saturated heterocycles. The summed E-state index contributed by atoms with van der Waals surface area (Å²) in [6.07, 6.45) is 8.14. The Labute approximate surface area is 99.4 Å². The lowest BCUT2D eigenvalue weighted by Crippen LogP contribution is -1.91. The fourth-order valence-corrected chi connectivity index (χ4v) is 2.60. The Morgan fingerprint density at radius 1 is 1.07 bits per heavy atom. The zero-order chi connectivity index (χ0) is 11.4. The van der Waals surface area contributed by atoms with Gasteiger partial charge in [-0.05, 0) is 16.7 Å². The molecule has 0 fully saturated rings. The lowest BCUT2D eigenvalue weighted by Gasteiger charge is -2.00. The minimum Gasteiger partial charge on any atom is -0.159 e. The number of unbranched alkanes of at least 4 members (excludes halogenated alkanes) is 5. The van der Waals surface area contributed by atoms with Gasteiger partial charge in [0, 0.05) is 5.75 Å². The van der Waals surface area contributed by atoms with Crippen molar-refractivity contribution < 1.29 is 9.09 Å². The highest BCUT2D eigenvalue weighted by molar-refractivity contribution is 7.99. The van der Waals surface area contributed by atoms with E-state index in [0.29, 0.717) is 6.61 Å². The van der Waals surface area contributed by atoms with Crippen molar-refractivity contribution in [2.75, 3.05) is 24.8 Å². The van der Waals surface area contributed by atoms with Gasteiger partial charge in [-0.2, -0.15) is 11.8 Å². The molecule has 0 saturated carbocycles. The van der Waals surface area contributed by atoms with Gasteiger partial charge in [-0.15, -0.1) is 4.52 Å². The fourth-order valence-electron chi connectivity index (χ4n) is 1.31. The Hall–Kier alpha value is 0.410. The number of hydrogen-bond acceptors (Lipinski definition) is 3. The minimum atomic E-state index is -1.40. The van der Waals surface area contributed by atoms with Crippen LogP contribution in [0.5, 0.6) is 0 Å². The molecular formula is C11H24O2PS+. The van der Waals surface area contributed by atoms with Gasteiger partial charge in [0.25, 0.3) is 0 Å². The van der Waals surface area contributed by atoms with E-state index in [9.17, 15) is 4.57 Å². The van der Waals surface area contributed by atoms with Crippen molar-refractivity contribution >= 4 is 19.8 Å². The summed E-state index contributed by atoms with van der Waals surface area (Å²) in [7, 11) is -1.40. The zero-order valence-electron chi connectivity index (χ0n) is 10.0. The number of rotatable bonds is 11. The molecule has 1 atom stereocenters. The molecule has 0 amide bonds. The highest BCUT2D eigenvalue weighted by Crippen LogP contribution is 2.16. The van der Waals surface area contributed by atoms with E-state index in [2.05, 4.69) is 6.92 Å². The molecule has 0 rings (SSSR count). The average Bonchev–Trinajstić information content (AvgIpc) is 2.20. The molecule has 15 heavy (non-hydrogen) atoms. The standard InChI is InChI=1S/C11H24O2PS/c1-3-4-5-6-7-8-10-15-11-9-13-14(2)12/h3-11H2,1-2H3/q+1. The molecule has 4 heteroatoms. The Bertz CT molecular complexity index is 154. The third-order valence-electron chi connectivity index (χ3n) is 2.14. The fraction of sp³-hybridized carbons (Fsp3) is 1.00. The summed E-state index contributed by atoms with van der Waals surface area (Å²) in [5.74, 6) is 2.19. The van der Waals surface area contributed by atoms with Gasteiger partial charge in [0.15, 0.2) is 6.66 Å². The Balaban J connectivity index is 2.89.